The number of aliphatic hydroxyl groups excluding tert-OH is 1. The highest BCUT2D eigenvalue weighted by Crippen LogP contribution is 2.14. The van der Waals surface area contributed by atoms with Gasteiger partial charge in [-0.2, -0.15) is 0 Å². The van der Waals surface area contributed by atoms with Gasteiger partial charge in [-0.25, -0.2) is 0 Å². The number of aliphatic hydroxyl groups is 1. The Morgan fingerprint density at radius 1 is 1.04 bits per heavy atom. The van der Waals surface area contributed by atoms with Gasteiger partial charge in [0.15, 0.2) is 0 Å². The van der Waals surface area contributed by atoms with Crippen molar-refractivity contribution in [3.05, 3.63) is 29.8 Å². The van der Waals surface area contributed by atoms with Crippen LogP contribution in [0.2, 0.25) is 0 Å². The first kappa shape index (κ1) is 19.2. The van der Waals surface area contributed by atoms with Crippen LogP contribution in [0.3, 0.4) is 0 Å². The third-order valence-corrected chi connectivity index (χ3v) is 4.21. The second kappa shape index (κ2) is 8.81. The Kier molecular flexibility index (Phi) is 7.04. The molecule has 1 aromatic carbocycles. The molecule has 1 unspecified atom stereocenters. The molecule has 1 saturated heterocycles. The molecule has 1 fully saturated rings. The van der Waals surface area contributed by atoms with E-state index in [9.17, 15) is 5.11 Å². The minimum Gasteiger partial charge on any atom is -0.497 e. The molecule has 1 N–H and O–H groups in total. The van der Waals surface area contributed by atoms with Crippen LogP contribution in [0.1, 0.15) is 26.3 Å². The van der Waals surface area contributed by atoms with Crippen LogP contribution in [0.5, 0.6) is 5.75 Å². The van der Waals surface area contributed by atoms with Crippen molar-refractivity contribution in [1.82, 2.24) is 9.80 Å². The first-order chi connectivity index (χ1) is 11.4. The van der Waals surface area contributed by atoms with Crippen molar-refractivity contribution in [2.75, 3.05) is 46.4 Å². The van der Waals surface area contributed by atoms with Crippen molar-refractivity contribution >= 4 is 0 Å². The van der Waals surface area contributed by atoms with Crippen LogP contribution in [-0.4, -0.2) is 73.1 Å². The lowest BCUT2D eigenvalue weighted by Gasteiger charge is -2.36. The van der Waals surface area contributed by atoms with E-state index in [0.717, 1.165) is 38.5 Å². The number of rotatable bonds is 7. The molecule has 0 aromatic heterocycles. The Bertz CT molecular complexity index is 476. The van der Waals surface area contributed by atoms with Gasteiger partial charge in [-0.05, 0) is 38.5 Å². The number of ether oxygens (including phenoxy) is 2. The fourth-order valence-corrected chi connectivity index (χ4v) is 2.82. The summed E-state index contributed by atoms with van der Waals surface area (Å²) in [7, 11) is 1.69. The zero-order valence-electron chi connectivity index (χ0n) is 15.5. The van der Waals surface area contributed by atoms with E-state index in [2.05, 4.69) is 21.9 Å². The third-order valence-electron chi connectivity index (χ3n) is 4.21. The highest BCUT2D eigenvalue weighted by Gasteiger charge is 2.20. The van der Waals surface area contributed by atoms with Gasteiger partial charge in [0.05, 0.1) is 25.4 Å². The molecule has 1 aliphatic heterocycles. The van der Waals surface area contributed by atoms with Gasteiger partial charge < -0.3 is 14.6 Å². The second-order valence-electron chi connectivity index (χ2n) is 7.50. The Labute approximate surface area is 146 Å². The summed E-state index contributed by atoms with van der Waals surface area (Å²) in [5, 5.41) is 10.1. The molecular formula is C19H32N2O3. The van der Waals surface area contributed by atoms with Crippen molar-refractivity contribution in [1.29, 1.82) is 0 Å². The molecule has 1 aliphatic rings. The summed E-state index contributed by atoms with van der Waals surface area (Å²) in [5.74, 6) is 0.898. The molecule has 0 saturated carbocycles. The molecule has 24 heavy (non-hydrogen) atoms. The van der Waals surface area contributed by atoms with Crippen LogP contribution in [0.25, 0.3) is 0 Å². The van der Waals surface area contributed by atoms with Gasteiger partial charge in [-0.3, -0.25) is 9.80 Å². The molecule has 0 aliphatic carbocycles. The van der Waals surface area contributed by atoms with Crippen LogP contribution < -0.4 is 4.74 Å². The molecule has 2 rings (SSSR count). The van der Waals surface area contributed by atoms with Gasteiger partial charge in [0, 0.05) is 39.3 Å². The van der Waals surface area contributed by atoms with Crippen molar-refractivity contribution in [3.8, 4) is 5.75 Å². The lowest BCUT2D eigenvalue weighted by molar-refractivity contribution is -0.0587. The average molecular weight is 336 g/mol. The van der Waals surface area contributed by atoms with E-state index < -0.39 is 6.10 Å². The molecule has 1 heterocycles. The molecule has 136 valence electrons. The van der Waals surface area contributed by atoms with E-state index in [4.69, 9.17) is 9.47 Å². The van der Waals surface area contributed by atoms with Gasteiger partial charge in [-0.15, -0.1) is 0 Å². The van der Waals surface area contributed by atoms with E-state index in [1.54, 1.807) is 7.11 Å². The first-order valence-corrected chi connectivity index (χ1v) is 8.75. The molecule has 0 amide bonds. The largest absolute Gasteiger partial charge is 0.497 e. The van der Waals surface area contributed by atoms with Gasteiger partial charge in [0.1, 0.15) is 5.75 Å². The summed E-state index contributed by atoms with van der Waals surface area (Å²) in [6.07, 6.45) is -0.419. The molecule has 1 atom stereocenters. The summed E-state index contributed by atoms with van der Waals surface area (Å²) in [5.41, 5.74) is 1.11. The topological polar surface area (TPSA) is 45.2 Å². The predicted octanol–water partition coefficient (Wildman–Crippen LogP) is 1.99. The monoisotopic (exact) mass is 336 g/mol. The number of β-amino-alcohol motifs (C(OH)–C–C–N with tert-alkyl or cyclic N) is 1. The normalized spacial score (nSPS) is 18.5. The first-order valence-electron chi connectivity index (χ1n) is 8.75. The molecule has 5 nitrogen and oxygen atoms in total. The van der Waals surface area contributed by atoms with E-state index in [1.165, 1.54) is 5.56 Å². The summed E-state index contributed by atoms with van der Waals surface area (Å²) >= 11 is 0. The lowest BCUT2D eigenvalue weighted by atomic mass is 10.2. The van der Waals surface area contributed by atoms with E-state index in [-0.39, 0.29) is 5.60 Å². The number of hydrogen-bond donors (Lipinski definition) is 1. The second-order valence-corrected chi connectivity index (χ2v) is 7.50. The van der Waals surface area contributed by atoms with Crippen molar-refractivity contribution in [2.24, 2.45) is 0 Å². The van der Waals surface area contributed by atoms with Crippen LogP contribution in [0, 0.1) is 0 Å². The predicted molar refractivity (Wildman–Crippen MR) is 96.4 cm³/mol. The zero-order chi connectivity index (χ0) is 17.6. The Balaban J connectivity index is 1.69. The molecule has 0 radical (unpaired) electrons. The summed E-state index contributed by atoms with van der Waals surface area (Å²) in [4.78, 5) is 4.78. The molecule has 1 aromatic rings. The molecule has 0 bridgehead atoms. The van der Waals surface area contributed by atoms with E-state index >= 15 is 0 Å². The average Bonchev–Trinajstić information content (AvgIpc) is 2.55. The Morgan fingerprint density at radius 2 is 1.62 bits per heavy atom. The molecular weight excluding hydrogens is 304 g/mol. The van der Waals surface area contributed by atoms with Crippen LogP contribution >= 0.6 is 0 Å². The molecule has 0 spiro atoms. The number of nitrogens with zero attached hydrogens (tertiary/aromatic N) is 2. The number of hydrogen-bond acceptors (Lipinski definition) is 5. The van der Waals surface area contributed by atoms with Crippen molar-refractivity contribution < 1.29 is 14.6 Å². The minimum absolute atomic E-state index is 0.196. The smallest absolute Gasteiger partial charge is 0.118 e. The number of methoxy groups -OCH3 is 1. The highest BCUT2D eigenvalue weighted by atomic mass is 16.5. The SMILES string of the molecule is COc1ccc(CN2CCN(CC(O)COC(C)(C)C)CC2)cc1. The zero-order valence-corrected chi connectivity index (χ0v) is 15.5. The summed E-state index contributed by atoms with van der Waals surface area (Å²) in [6, 6.07) is 8.27. The lowest BCUT2D eigenvalue weighted by Crippen LogP contribution is -2.48. The van der Waals surface area contributed by atoms with Gasteiger partial charge >= 0.3 is 0 Å². The maximum atomic E-state index is 10.1. The third kappa shape index (κ3) is 6.77. The summed E-state index contributed by atoms with van der Waals surface area (Å²) < 4.78 is 10.9. The van der Waals surface area contributed by atoms with E-state index in [1.807, 2.05) is 32.9 Å². The maximum Gasteiger partial charge on any atom is 0.118 e. The van der Waals surface area contributed by atoms with Gasteiger partial charge in [0.2, 0.25) is 0 Å². The standard InChI is InChI=1S/C19H32N2O3/c1-19(2,3)24-15-17(22)14-21-11-9-20(10-12-21)13-16-5-7-18(23-4)8-6-16/h5-8,17,22H,9-15H2,1-4H3. The van der Waals surface area contributed by atoms with E-state index in [0.29, 0.717) is 13.2 Å². The van der Waals surface area contributed by atoms with Crippen molar-refractivity contribution in [3.63, 3.8) is 0 Å². The fourth-order valence-electron chi connectivity index (χ4n) is 2.82. The highest BCUT2D eigenvalue weighted by molar-refractivity contribution is 5.27. The Morgan fingerprint density at radius 3 is 2.17 bits per heavy atom. The van der Waals surface area contributed by atoms with Crippen molar-refractivity contribution in [2.45, 2.75) is 39.0 Å². The number of benzene rings is 1. The number of piperazine rings is 1. The van der Waals surface area contributed by atoms with Gasteiger partial charge in [0.25, 0.3) is 0 Å². The minimum atomic E-state index is -0.419. The Hall–Kier alpha value is -1.14. The fraction of sp³-hybridized carbons (Fsp3) is 0.684. The summed E-state index contributed by atoms with van der Waals surface area (Å²) in [6.45, 7) is 12.1. The van der Waals surface area contributed by atoms with Crippen LogP contribution in [0.15, 0.2) is 24.3 Å². The molecule has 5 heteroatoms. The maximum absolute atomic E-state index is 10.1. The van der Waals surface area contributed by atoms with Crippen LogP contribution in [0.4, 0.5) is 0 Å². The van der Waals surface area contributed by atoms with Crippen LogP contribution in [-0.2, 0) is 11.3 Å². The quantitative estimate of drug-likeness (QED) is 0.825. The van der Waals surface area contributed by atoms with Gasteiger partial charge in [-0.1, -0.05) is 12.1 Å².